The zero-order valence-corrected chi connectivity index (χ0v) is 13.0. The number of rotatable bonds is 3. The SMILES string of the molecule is CC[C@@H](c1ccc(Cl)s1)N1CCNCC1.Cl.Cl. The molecule has 2 heterocycles. The van der Waals surface area contributed by atoms with Crippen molar-refractivity contribution in [1.29, 1.82) is 0 Å². The molecule has 0 radical (unpaired) electrons. The molecule has 0 saturated carbocycles. The second-order valence-corrected chi connectivity index (χ2v) is 5.60. The van der Waals surface area contributed by atoms with Crippen LogP contribution in [0.2, 0.25) is 4.34 Å². The molecule has 0 amide bonds. The average Bonchev–Trinajstić information content (AvgIpc) is 2.68. The summed E-state index contributed by atoms with van der Waals surface area (Å²) in [7, 11) is 0. The predicted octanol–water partition coefficient (Wildman–Crippen LogP) is 3.60. The van der Waals surface area contributed by atoms with Crippen LogP contribution in [0.4, 0.5) is 0 Å². The van der Waals surface area contributed by atoms with E-state index in [4.69, 9.17) is 11.6 Å². The number of halogens is 3. The fourth-order valence-electron chi connectivity index (χ4n) is 2.14. The Hall–Kier alpha value is 0.490. The molecule has 0 spiro atoms. The Labute approximate surface area is 125 Å². The number of nitrogens with one attached hydrogen (secondary N) is 1. The molecular formula is C11H19Cl3N2S. The Morgan fingerprint density at radius 2 is 2.00 bits per heavy atom. The van der Waals surface area contributed by atoms with Crippen LogP contribution in [0.1, 0.15) is 24.3 Å². The zero-order valence-electron chi connectivity index (χ0n) is 9.82. The van der Waals surface area contributed by atoms with Crippen LogP contribution in [0, 0.1) is 0 Å². The van der Waals surface area contributed by atoms with Gasteiger partial charge in [0.1, 0.15) is 0 Å². The van der Waals surface area contributed by atoms with Gasteiger partial charge in [-0.05, 0) is 18.6 Å². The quantitative estimate of drug-likeness (QED) is 0.916. The van der Waals surface area contributed by atoms with Crippen LogP contribution in [-0.4, -0.2) is 31.1 Å². The lowest BCUT2D eigenvalue weighted by molar-refractivity contribution is 0.172. The number of thiophene rings is 1. The van der Waals surface area contributed by atoms with Gasteiger partial charge in [-0.25, -0.2) is 0 Å². The molecule has 1 aliphatic heterocycles. The second-order valence-electron chi connectivity index (χ2n) is 3.85. The molecule has 2 rings (SSSR count). The van der Waals surface area contributed by atoms with E-state index >= 15 is 0 Å². The predicted molar refractivity (Wildman–Crippen MR) is 81.3 cm³/mol. The topological polar surface area (TPSA) is 15.3 Å². The number of piperazine rings is 1. The van der Waals surface area contributed by atoms with Gasteiger partial charge in [0.05, 0.1) is 4.34 Å². The summed E-state index contributed by atoms with van der Waals surface area (Å²) < 4.78 is 0.901. The van der Waals surface area contributed by atoms with E-state index in [1.807, 2.05) is 6.07 Å². The van der Waals surface area contributed by atoms with Crippen LogP contribution in [-0.2, 0) is 0 Å². The summed E-state index contributed by atoms with van der Waals surface area (Å²) in [6.07, 6.45) is 1.16. The smallest absolute Gasteiger partial charge is 0.0931 e. The first-order valence-corrected chi connectivity index (χ1v) is 6.70. The van der Waals surface area contributed by atoms with Gasteiger partial charge in [-0.1, -0.05) is 18.5 Å². The minimum absolute atomic E-state index is 0. The highest BCUT2D eigenvalue weighted by Crippen LogP contribution is 2.32. The van der Waals surface area contributed by atoms with Crippen molar-refractivity contribution in [3.8, 4) is 0 Å². The first-order valence-electron chi connectivity index (χ1n) is 5.51. The third kappa shape index (κ3) is 4.58. The molecule has 1 aromatic rings. The molecule has 1 N–H and O–H groups in total. The fraction of sp³-hybridized carbons (Fsp3) is 0.636. The molecule has 2 nitrogen and oxygen atoms in total. The van der Waals surface area contributed by atoms with Crippen LogP contribution in [0.25, 0.3) is 0 Å². The highest BCUT2D eigenvalue weighted by Gasteiger charge is 2.21. The first kappa shape index (κ1) is 17.5. The van der Waals surface area contributed by atoms with E-state index in [0.717, 1.165) is 36.9 Å². The number of hydrogen-bond acceptors (Lipinski definition) is 3. The van der Waals surface area contributed by atoms with Gasteiger partial charge in [-0.2, -0.15) is 0 Å². The lowest BCUT2D eigenvalue weighted by Crippen LogP contribution is -2.44. The summed E-state index contributed by atoms with van der Waals surface area (Å²) in [5, 5.41) is 3.39. The molecule has 1 aliphatic rings. The maximum absolute atomic E-state index is 5.99. The molecule has 1 aromatic heterocycles. The van der Waals surface area contributed by atoms with Crippen molar-refractivity contribution in [2.45, 2.75) is 19.4 Å². The largest absolute Gasteiger partial charge is 0.314 e. The fourth-order valence-corrected chi connectivity index (χ4v) is 3.42. The molecule has 6 heteroatoms. The average molecular weight is 318 g/mol. The minimum atomic E-state index is 0. The van der Waals surface area contributed by atoms with E-state index in [1.165, 1.54) is 4.88 Å². The van der Waals surface area contributed by atoms with Crippen LogP contribution < -0.4 is 5.32 Å². The maximum atomic E-state index is 5.99. The van der Waals surface area contributed by atoms with Gasteiger partial charge in [-0.3, -0.25) is 4.90 Å². The summed E-state index contributed by atoms with van der Waals surface area (Å²) in [6, 6.07) is 4.74. The van der Waals surface area contributed by atoms with Crippen LogP contribution in [0.3, 0.4) is 0 Å². The Bertz CT molecular complexity index is 313. The van der Waals surface area contributed by atoms with Gasteiger partial charge in [0.2, 0.25) is 0 Å². The zero-order chi connectivity index (χ0) is 10.7. The van der Waals surface area contributed by atoms with Gasteiger partial charge in [0, 0.05) is 37.1 Å². The van der Waals surface area contributed by atoms with Crippen molar-refractivity contribution in [1.82, 2.24) is 10.2 Å². The van der Waals surface area contributed by atoms with E-state index < -0.39 is 0 Å². The standard InChI is InChI=1S/C11H17ClN2S.2ClH/c1-2-9(10-3-4-11(12)15-10)14-7-5-13-6-8-14;;/h3-4,9,13H,2,5-8H2,1H3;2*1H/t9-;;/m0../s1. The van der Waals surface area contributed by atoms with Gasteiger partial charge >= 0.3 is 0 Å². The summed E-state index contributed by atoms with van der Waals surface area (Å²) in [4.78, 5) is 3.96. The summed E-state index contributed by atoms with van der Waals surface area (Å²) >= 11 is 7.71. The van der Waals surface area contributed by atoms with E-state index in [9.17, 15) is 0 Å². The van der Waals surface area contributed by atoms with Crippen LogP contribution in [0.5, 0.6) is 0 Å². The molecule has 0 unspecified atom stereocenters. The van der Waals surface area contributed by atoms with Gasteiger partial charge in [-0.15, -0.1) is 36.2 Å². The normalized spacial score (nSPS) is 18.0. The monoisotopic (exact) mass is 316 g/mol. The first-order chi connectivity index (χ1) is 7.31. The van der Waals surface area contributed by atoms with Gasteiger partial charge < -0.3 is 5.32 Å². The Balaban J connectivity index is 0.00000128. The second kappa shape index (κ2) is 8.57. The molecule has 0 aliphatic carbocycles. The third-order valence-corrected chi connectivity index (χ3v) is 4.23. The van der Waals surface area contributed by atoms with E-state index in [-0.39, 0.29) is 24.8 Å². The molecule has 1 atom stereocenters. The lowest BCUT2D eigenvalue weighted by Gasteiger charge is -2.33. The highest BCUT2D eigenvalue weighted by atomic mass is 35.5. The van der Waals surface area contributed by atoms with Crippen molar-refractivity contribution in [2.24, 2.45) is 0 Å². The Morgan fingerprint density at radius 3 is 2.47 bits per heavy atom. The van der Waals surface area contributed by atoms with Crippen LogP contribution in [0.15, 0.2) is 12.1 Å². The molecule has 0 aromatic carbocycles. The van der Waals surface area contributed by atoms with Gasteiger partial charge in [0.25, 0.3) is 0 Å². The van der Waals surface area contributed by atoms with E-state index in [2.05, 4.69) is 23.2 Å². The Kier molecular flexibility index (Phi) is 8.81. The number of hydrogen-bond donors (Lipinski definition) is 1. The van der Waals surface area contributed by atoms with Crippen molar-refractivity contribution in [3.63, 3.8) is 0 Å². The molecule has 0 bridgehead atoms. The molecular weight excluding hydrogens is 299 g/mol. The highest BCUT2D eigenvalue weighted by molar-refractivity contribution is 7.16. The van der Waals surface area contributed by atoms with E-state index in [1.54, 1.807) is 11.3 Å². The molecule has 1 saturated heterocycles. The lowest BCUT2D eigenvalue weighted by atomic mass is 10.1. The van der Waals surface area contributed by atoms with Crippen molar-refractivity contribution < 1.29 is 0 Å². The van der Waals surface area contributed by atoms with Gasteiger partial charge in [0.15, 0.2) is 0 Å². The molecule has 1 fully saturated rings. The summed E-state index contributed by atoms with van der Waals surface area (Å²) in [5.41, 5.74) is 0. The van der Waals surface area contributed by atoms with Crippen LogP contribution >= 0.6 is 47.8 Å². The Morgan fingerprint density at radius 1 is 1.35 bits per heavy atom. The van der Waals surface area contributed by atoms with Crippen molar-refractivity contribution in [3.05, 3.63) is 21.3 Å². The molecule has 17 heavy (non-hydrogen) atoms. The maximum Gasteiger partial charge on any atom is 0.0931 e. The minimum Gasteiger partial charge on any atom is -0.314 e. The third-order valence-electron chi connectivity index (χ3n) is 2.90. The molecule has 100 valence electrons. The van der Waals surface area contributed by atoms with Crippen molar-refractivity contribution in [2.75, 3.05) is 26.2 Å². The van der Waals surface area contributed by atoms with E-state index in [0.29, 0.717) is 6.04 Å². The summed E-state index contributed by atoms with van der Waals surface area (Å²) in [5.74, 6) is 0. The number of nitrogens with zero attached hydrogens (tertiary/aromatic N) is 1. The summed E-state index contributed by atoms with van der Waals surface area (Å²) in [6.45, 7) is 6.76. The van der Waals surface area contributed by atoms with Crippen molar-refractivity contribution >= 4 is 47.8 Å².